The van der Waals surface area contributed by atoms with E-state index in [1.807, 2.05) is 48.8 Å². The minimum Gasteiger partial charge on any atom is -0.380 e. The van der Waals surface area contributed by atoms with Crippen LogP contribution in [-0.4, -0.2) is 10.1 Å². The highest BCUT2D eigenvalue weighted by atomic mass is 16.3. The summed E-state index contributed by atoms with van der Waals surface area (Å²) in [5.74, 6) is 0. The minimum absolute atomic E-state index is 0.627. The second-order valence-electron chi connectivity index (χ2n) is 4.15. The van der Waals surface area contributed by atoms with Gasteiger partial charge in [-0.15, -0.1) is 0 Å². The molecule has 0 bridgehead atoms. The Hall–Kier alpha value is -1.80. The first kappa shape index (κ1) is 9.43. The molecule has 0 amide bonds. The van der Waals surface area contributed by atoms with E-state index in [0.717, 1.165) is 16.7 Å². The number of aromatic nitrogens is 1. The Morgan fingerprint density at radius 3 is 2.88 bits per heavy atom. The zero-order valence-electron chi connectivity index (χ0n) is 8.85. The van der Waals surface area contributed by atoms with Gasteiger partial charge in [-0.2, -0.15) is 0 Å². The average molecular weight is 211 g/mol. The molecule has 0 unspecified atom stereocenters. The lowest BCUT2D eigenvalue weighted by atomic mass is 9.79. The fourth-order valence-electron chi connectivity index (χ4n) is 2.34. The van der Waals surface area contributed by atoms with Crippen molar-refractivity contribution in [1.29, 1.82) is 0 Å². The third kappa shape index (κ3) is 1.24. The molecule has 2 heteroatoms. The van der Waals surface area contributed by atoms with E-state index < -0.39 is 5.60 Å². The van der Waals surface area contributed by atoms with Gasteiger partial charge in [-0.3, -0.25) is 0 Å². The predicted molar refractivity (Wildman–Crippen MR) is 63.9 cm³/mol. The second-order valence-corrected chi connectivity index (χ2v) is 4.15. The van der Waals surface area contributed by atoms with Crippen LogP contribution in [0.5, 0.6) is 0 Å². The van der Waals surface area contributed by atoms with Crippen molar-refractivity contribution < 1.29 is 5.11 Å². The Bertz CT molecular complexity index is 527. The predicted octanol–water partition coefficient (Wildman–Crippen LogP) is 2.67. The molecule has 1 aliphatic carbocycles. The van der Waals surface area contributed by atoms with Crippen molar-refractivity contribution in [3.05, 3.63) is 65.5 Å². The van der Waals surface area contributed by atoms with Crippen LogP contribution in [0.2, 0.25) is 0 Å². The molecule has 0 spiro atoms. The number of H-pyrrole nitrogens is 1. The van der Waals surface area contributed by atoms with Gasteiger partial charge in [0.25, 0.3) is 0 Å². The Labute approximate surface area is 94.3 Å². The maximum absolute atomic E-state index is 10.8. The van der Waals surface area contributed by atoms with Crippen molar-refractivity contribution in [3.63, 3.8) is 0 Å². The number of rotatable bonds is 1. The van der Waals surface area contributed by atoms with Crippen molar-refractivity contribution in [3.8, 4) is 0 Å². The molecule has 1 heterocycles. The molecule has 1 aromatic heterocycles. The highest BCUT2D eigenvalue weighted by molar-refractivity contribution is 5.60. The largest absolute Gasteiger partial charge is 0.380 e. The summed E-state index contributed by atoms with van der Waals surface area (Å²) in [6.07, 6.45) is 8.41. The molecule has 1 atom stereocenters. The van der Waals surface area contributed by atoms with Crippen LogP contribution in [0.4, 0.5) is 0 Å². The zero-order chi connectivity index (χ0) is 11.0. The monoisotopic (exact) mass is 211 g/mol. The summed E-state index contributed by atoms with van der Waals surface area (Å²) < 4.78 is 0. The van der Waals surface area contributed by atoms with Crippen molar-refractivity contribution in [2.45, 2.75) is 12.0 Å². The molecular weight excluding hydrogens is 198 g/mol. The van der Waals surface area contributed by atoms with Gasteiger partial charge in [0.05, 0.1) is 0 Å². The van der Waals surface area contributed by atoms with Crippen LogP contribution in [0.15, 0.2) is 48.8 Å². The van der Waals surface area contributed by atoms with Crippen molar-refractivity contribution in [2.75, 3.05) is 0 Å². The molecule has 2 nitrogen and oxygen atoms in total. The van der Waals surface area contributed by atoms with Gasteiger partial charge >= 0.3 is 0 Å². The lowest BCUT2D eigenvalue weighted by Crippen LogP contribution is -2.28. The highest BCUT2D eigenvalue weighted by Gasteiger charge is 2.34. The SMILES string of the molecule is O[C@@]1(c2cc[nH]c2)CC=Cc2ccccc21. The molecule has 3 rings (SSSR count). The summed E-state index contributed by atoms with van der Waals surface area (Å²) in [4.78, 5) is 3.00. The fraction of sp³-hybridized carbons (Fsp3) is 0.143. The Morgan fingerprint density at radius 1 is 1.19 bits per heavy atom. The summed E-state index contributed by atoms with van der Waals surface area (Å²) >= 11 is 0. The summed E-state index contributed by atoms with van der Waals surface area (Å²) in [5.41, 5.74) is 2.12. The van der Waals surface area contributed by atoms with Crippen LogP contribution in [0.25, 0.3) is 6.08 Å². The van der Waals surface area contributed by atoms with E-state index in [1.54, 1.807) is 0 Å². The summed E-state index contributed by atoms with van der Waals surface area (Å²) in [5, 5.41) is 10.8. The lowest BCUT2D eigenvalue weighted by Gasteiger charge is -2.31. The van der Waals surface area contributed by atoms with E-state index in [1.165, 1.54) is 0 Å². The number of hydrogen-bond acceptors (Lipinski definition) is 1. The number of aliphatic hydroxyl groups is 1. The third-order valence-corrected chi connectivity index (χ3v) is 3.19. The smallest absolute Gasteiger partial charge is 0.120 e. The number of fused-ring (bicyclic) bond motifs is 1. The first-order valence-electron chi connectivity index (χ1n) is 5.42. The summed E-state index contributed by atoms with van der Waals surface area (Å²) in [6, 6.07) is 9.91. The van der Waals surface area contributed by atoms with Gasteiger partial charge in [-0.1, -0.05) is 36.4 Å². The Kier molecular flexibility index (Phi) is 1.98. The molecule has 0 saturated heterocycles. The standard InChI is InChI=1S/C14H13NO/c16-14(12-7-9-15-10-12)8-3-5-11-4-1-2-6-13(11)14/h1-7,9-10,15-16H,8H2/t14-/m1/s1. The van der Waals surface area contributed by atoms with Crippen molar-refractivity contribution in [1.82, 2.24) is 4.98 Å². The molecular formula is C14H13NO. The zero-order valence-corrected chi connectivity index (χ0v) is 8.85. The van der Waals surface area contributed by atoms with Gasteiger partial charge in [-0.25, -0.2) is 0 Å². The molecule has 0 aliphatic heterocycles. The van der Waals surface area contributed by atoms with Gasteiger partial charge in [0.2, 0.25) is 0 Å². The molecule has 0 saturated carbocycles. The normalized spacial score (nSPS) is 23.1. The van der Waals surface area contributed by atoms with Crippen LogP contribution >= 0.6 is 0 Å². The average Bonchev–Trinajstić information content (AvgIpc) is 2.84. The van der Waals surface area contributed by atoms with E-state index in [4.69, 9.17) is 0 Å². The van der Waals surface area contributed by atoms with Crippen LogP contribution in [0.3, 0.4) is 0 Å². The van der Waals surface area contributed by atoms with E-state index in [2.05, 4.69) is 11.1 Å². The molecule has 1 aromatic carbocycles. The quantitative estimate of drug-likeness (QED) is 0.747. The van der Waals surface area contributed by atoms with Gasteiger partial charge < -0.3 is 10.1 Å². The number of nitrogens with one attached hydrogen (secondary N) is 1. The molecule has 1 aliphatic rings. The van der Waals surface area contributed by atoms with Gasteiger partial charge in [0.15, 0.2) is 0 Å². The topological polar surface area (TPSA) is 36.0 Å². The van der Waals surface area contributed by atoms with Gasteiger partial charge in [0.1, 0.15) is 5.60 Å². The van der Waals surface area contributed by atoms with E-state index in [0.29, 0.717) is 6.42 Å². The van der Waals surface area contributed by atoms with Crippen molar-refractivity contribution >= 4 is 6.08 Å². The second kappa shape index (κ2) is 3.35. The molecule has 16 heavy (non-hydrogen) atoms. The number of hydrogen-bond donors (Lipinski definition) is 2. The van der Waals surface area contributed by atoms with Crippen LogP contribution in [0.1, 0.15) is 23.1 Å². The Morgan fingerprint density at radius 2 is 2.06 bits per heavy atom. The number of aromatic amines is 1. The van der Waals surface area contributed by atoms with Crippen molar-refractivity contribution in [2.24, 2.45) is 0 Å². The van der Waals surface area contributed by atoms with Gasteiger partial charge in [-0.05, 0) is 17.2 Å². The molecule has 2 N–H and O–H groups in total. The van der Waals surface area contributed by atoms with Gasteiger partial charge in [0, 0.05) is 24.4 Å². The summed E-state index contributed by atoms with van der Waals surface area (Å²) in [6.45, 7) is 0. The first-order valence-corrected chi connectivity index (χ1v) is 5.42. The van der Waals surface area contributed by atoms with E-state index >= 15 is 0 Å². The molecule has 0 fully saturated rings. The molecule has 80 valence electrons. The molecule has 0 radical (unpaired) electrons. The maximum atomic E-state index is 10.8. The third-order valence-electron chi connectivity index (χ3n) is 3.19. The first-order chi connectivity index (χ1) is 7.81. The number of benzene rings is 1. The highest BCUT2D eigenvalue weighted by Crippen LogP contribution is 2.38. The van der Waals surface area contributed by atoms with Crippen LogP contribution in [0, 0.1) is 0 Å². The molecule has 2 aromatic rings. The fourth-order valence-corrected chi connectivity index (χ4v) is 2.34. The van der Waals surface area contributed by atoms with Crippen LogP contribution in [-0.2, 0) is 5.60 Å². The van der Waals surface area contributed by atoms with E-state index in [9.17, 15) is 5.11 Å². The Balaban J connectivity index is 2.21. The maximum Gasteiger partial charge on any atom is 0.120 e. The van der Waals surface area contributed by atoms with E-state index in [-0.39, 0.29) is 0 Å². The minimum atomic E-state index is -0.884. The lowest BCUT2D eigenvalue weighted by molar-refractivity contribution is 0.0829. The summed E-state index contributed by atoms with van der Waals surface area (Å²) in [7, 11) is 0. The van der Waals surface area contributed by atoms with Crippen LogP contribution < -0.4 is 0 Å².